The summed E-state index contributed by atoms with van der Waals surface area (Å²) >= 11 is 25.1. The van der Waals surface area contributed by atoms with Crippen molar-refractivity contribution in [1.82, 2.24) is 0 Å². The number of carbonyl (C=O) groups is 1. The number of hydrogen-bond acceptors (Lipinski definition) is 5. The molecule has 1 N–H and O–H groups in total. The van der Waals surface area contributed by atoms with E-state index < -0.39 is 13.0 Å². The predicted molar refractivity (Wildman–Crippen MR) is 163 cm³/mol. The fourth-order valence-electron chi connectivity index (χ4n) is 3.26. The van der Waals surface area contributed by atoms with Gasteiger partial charge < -0.3 is 21.1 Å². The Morgan fingerprint density at radius 1 is 0.927 bits per heavy atom. The number of aromatic hydroxyl groups is 1. The summed E-state index contributed by atoms with van der Waals surface area (Å²) in [6, 6.07) is 17.3. The Kier molecular flexibility index (Phi) is 21.1. The maximum absolute atomic E-state index is 13.8. The number of benzene rings is 4. The van der Waals surface area contributed by atoms with Gasteiger partial charge in [0.05, 0.1) is 17.5 Å². The van der Waals surface area contributed by atoms with Crippen LogP contribution in [-0.2, 0) is 9.68 Å². The average Bonchev–Trinajstić information content (AvgIpc) is 3.25. The molecule has 0 aliphatic carbocycles. The molecule has 0 unspecified atom stereocenters. The Balaban J connectivity index is 0. The van der Waals surface area contributed by atoms with Crippen molar-refractivity contribution in [2.24, 2.45) is 0 Å². The molecule has 5 aromatic rings. The molecule has 0 spiro atoms. The molecule has 0 amide bonds. The van der Waals surface area contributed by atoms with E-state index in [2.05, 4.69) is 68.6 Å². The van der Waals surface area contributed by atoms with Crippen molar-refractivity contribution in [1.29, 1.82) is 0 Å². The van der Waals surface area contributed by atoms with Crippen molar-refractivity contribution in [2.45, 2.75) is 0 Å². The van der Waals surface area contributed by atoms with E-state index >= 15 is 0 Å². The van der Waals surface area contributed by atoms with Gasteiger partial charge in [-0.25, -0.2) is 4.39 Å². The molecule has 0 radical (unpaired) electrons. The van der Waals surface area contributed by atoms with E-state index in [1.165, 1.54) is 12.1 Å². The van der Waals surface area contributed by atoms with Gasteiger partial charge >= 0.3 is 103 Å². The zero-order valence-corrected chi connectivity index (χ0v) is 35.3. The van der Waals surface area contributed by atoms with Gasteiger partial charge in [0.25, 0.3) is 6.47 Å². The van der Waals surface area contributed by atoms with Gasteiger partial charge in [0.2, 0.25) is 0 Å². The van der Waals surface area contributed by atoms with Gasteiger partial charge in [-0.05, 0) is 86.5 Å². The van der Waals surface area contributed by atoms with Crippen LogP contribution in [0.25, 0.3) is 33.1 Å². The Morgan fingerprint density at radius 3 is 2.05 bits per heavy atom. The fourth-order valence-corrected chi connectivity index (χ4v) is 6.11. The molecule has 5 nitrogen and oxygen atoms in total. The first-order chi connectivity index (χ1) is 19.0. The van der Waals surface area contributed by atoms with Gasteiger partial charge in [0.1, 0.15) is 22.7 Å². The van der Waals surface area contributed by atoms with Gasteiger partial charge in [-0.2, -0.15) is 0 Å². The van der Waals surface area contributed by atoms with E-state index in [-0.39, 0.29) is 116 Å². The standard InChI is InChI=1S/C12H6Br2ClFO.C12H5Br2ClO.CH3F.CH2O3.2K.H/c13-6-3-9(12(17)10(14)4-6)8-2-1-7(15)5-11(8)16;13-6-3-9-8-2-1-7(15)5-11(8)16-12(9)10(14)4-6;1-2;2-1-4-3;;;/h1-5,17H;1-5H;1H3;1,3H;;;/q;;;;2*+1;-1/p-1/i;;1D;;;;. The molecule has 4 aromatic carbocycles. The normalized spacial score (nSPS) is 9.83. The van der Waals surface area contributed by atoms with Crippen LogP contribution in [0.15, 0.2) is 83.0 Å². The Bertz CT molecular complexity index is 1640. The number of phenolic OH excluding ortho intramolecular Hbond substituents is 1. The van der Waals surface area contributed by atoms with Crippen LogP contribution >= 0.6 is 86.9 Å². The Labute approximate surface area is 365 Å². The summed E-state index contributed by atoms with van der Waals surface area (Å²) in [5.41, 5.74) is 2.36. The number of halogens is 8. The Hall–Kier alpha value is 1.54. The van der Waals surface area contributed by atoms with Crippen LogP contribution in [0.5, 0.6) is 5.75 Å². The molecule has 0 atom stereocenters. The van der Waals surface area contributed by atoms with E-state index in [9.17, 15) is 13.9 Å². The number of phenols is 1. The van der Waals surface area contributed by atoms with Crippen LogP contribution in [0, 0.1) is 5.82 Å². The monoisotopic (exact) mass is 911 g/mol. The molecule has 5 rings (SSSR count). The maximum Gasteiger partial charge on any atom is 1.00 e. The summed E-state index contributed by atoms with van der Waals surface area (Å²) in [7, 11) is -1.00. The first kappa shape index (κ1) is 40.6. The van der Waals surface area contributed by atoms with Crippen LogP contribution < -0.4 is 108 Å². The number of alkyl halides is 1. The molecule has 0 fully saturated rings. The van der Waals surface area contributed by atoms with Crippen LogP contribution in [0.3, 0.4) is 0 Å². The summed E-state index contributed by atoms with van der Waals surface area (Å²) in [6.07, 6.45) is 0. The molecule has 208 valence electrons. The molecule has 1 heterocycles. The summed E-state index contributed by atoms with van der Waals surface area (Å²) in [5.74, 6) is -0.479. The van der Waals surface area contributed by atoms with Gasteiger partial charge in [-0.1, -0.05) is 55.1 Å². The second-order valence-electron chi connectivity index (χ2n) is 7.11. The number of fused-ring (bicyclic) bond motifs is 3. The SMILES string of the molecule is Clc1ccc2c(c1)oc1c(Br)cc(Br)cc12.O=CO[O-].Oc1c(Br)cc(Br)cc1-c1ccc(Cl)cc1F.[2H]CF.[H-].[K+].[K+]. The zero-order chi connectivity index (χ0) is 30.0. The smallest absolute Gasteiger partial charge is 1.00 e. The van der Waals surface area contributed by atoms with Crippen molar-refractivity contribution >= 4 is 115 Å². The van der Waals surface area contributed by atoms with Crippen LogP contribution in [0.4, 0.5) is 8.78 Å². The predicted octanol–water partition coefficient (Wildman–Crippen LogP) is 4.28. The Morgan fingerprint density at radius 2 is 1.46 bits per heavy atom. The van der Waals surface area contributed by atoms with Crippen molar-refractivity contribution < 1.29 is 139 Å². The molecule has 15 heteroatoms. The molecule has 0 saturated carbocycles. The number of furan rings is 1. The third-order valence-electron chi connectivity index (χ3n) is 4.74. The minimum atomic E-state index is -1.00. The topological polar surface area (TPSA) is 82.7 Å². The van der Waals surface area contributed by atoms with E-state index in [0.29, 0.717) is 25.6 Å². The summed E-state index contributed by atoms with van der Waals surface area (Å²) in [5, 5.41) is 21.5. The van der Waals surface area contributed by atoms with Gasteiger partial charge in [-0.15, -0.1) is 0 Å². The van der Waals surface area contributed by atoms with Gasteiger partial charge in [0.15, 0.2) is 0 Å². The van der Waals surface area contributed by atoms with Crippen molar-refractivity contribution in [3.63, 3.8) is 0 Å². The molecule has 0 aliphatic rings. The van der Waals surface area contributed by atoms with Crippen LogP contribution in [-0.4, -0.2) is 18.7 Å². The summed E-state index contributed by atoms with van der Waals surface area (Å²) in [4.78, 5) is 11.2. The van der Waals surface area contributed by atoms with E-state index in [1.807, 2.05) is 30.3 Å². The summed E-state index contributed by atoms with van der Waals surface area (Å²) in [6.45, 7) is -0.181. The zero-order valence-electron chi connectivity index (χ0n) is 23.2. The maximum atomic E-state index is 13.8. The second kappa shape index (κ2) is 21.4. The minimum Gasteiger partial charge on any atom is -1.00 e. The first-order valence-electron chi connectivity index (χ1n) is 10.9. The molecule has 1 aromatic heterocycles. The number of carbonyl (C=O) groups excluding carboxylic acids is 1. The third-order valence-corrected chi connectivity index (χ3v) is 7.32. The van der Waals surface area contributed by atoms with Crippen LogP contribution in [0.1, 0.15) is 2.80 Å². The average molecular weight is 916 g/mol. The largest absolute Gasteiger partial charge is 1.00 e. The molecule has 0 aliphatic heterocycles. The molecule has 41 heavy (non-hydrogen) atoms. The van der Waals surface area contributed by atoms with Crippen molar-refractivity contribution in [3.8, 4) is 16.9 Å². The number of rotatable bonds is 2. The van der Waals surface area contributed by atoms with Crippen LogP contribution in [0.2, 0.25) is 10.0 Å². The van der Waals surface area contributed by atoms with Crippen molar-refractivity contribution in [3.05, 3.63) is 94.4 Å². The fraction of sp³-hybridized carbons (Fsp3) is 0.0385. The molecular weight excluding hydrogens is 899 g/mol. The second-order valence-corrected chi connectivity index (χ2v) is 11.5. The minimum absolute atomic E-state index is 0. The first-order valence-corrected chi connectivity index (χ1v) is 14.1. The molecular formula is C26H16Br4Cl2F2K2O5. The number of hydrogen-bond donors (Lipinski definition) is 1. The third kappa shape index (κ3) is 12.3. The molecule has 0 saturated heterocycles. The van der Waals surface area contributed by atoms with E-state index in [1.54, 1.807) is 18.2 Å². The van der Waals surface area contributed by atoms with E-state index in [0.717, 1.165) is 35.4 Å². The van der Waals surface area contributed by atoms with Gasteiger partial charge in [0, 0.05) is 47.0 Å². The quantitative estimate of drug-likeness (QED) is 0.124. The van der Waals surface area contributed by atoms with Gasteiger partial charge in [-0.3, -0.25) is 9.18 Å². The van der Waals surface area contributed by atoms with Crippen molar-refractivity contribution in [2.75, 3.05) is 7.15 Å². The van der Waals surface area contributed by atoms with E-state index in [4.69, 9.17) is 39.0 Å². The molecule has 0 bridgehead atoms. The summed E-state index contributed by atoms with van der Waals surface area (Å²) < 4.78 is 38.2.